The summed E-state index contributed by atoms with van der Waals surface area (Å²) < 4.78 is 15.0. The number of benzene rings is 1. The number of aliphatic hydroxyl groups is 1. The van der Waals surface area contributed by atoms with Crippen LogP contribution in [0, 0.1) is 5.82 Å². The van der Waals surface area contributed by atoms with E-state index in [4.69, 9.17) is 5.73 Å². The van der Waals surface area contributed by atoms with E-state index in [1.54, 1.807) is 6.07 Å². The van der Waals surface area contributed by atoms with Crippen LogP contribution in [0.1, 0.15) is 29.1 Å². The monoisotopic (exact) mass is 249 g/mol. The fraction of sp³-hybridized carbons (Fsp3) is 0.167. The fourth-order valence-electron chi connectivity index (χ4n) is 1.73. The summed E-state index contributed by atoms with van der Waals surface area (Å²) in [5.74, 6) is -1.19. The minimum absolute atomic E-state index is 0.0794. The van der Waals surface area contributed by atoms with Crippen molar-refractivity contribution in [1.29, 1.82) is 0 Å². The summed E-state index contributed by atoms with van der Waals surface area (Å²) in [5.41, 5.74) is 5.67. The van der Waals surface area contributed by atoms with Crippen LogP contribution in [0.2, 0.25) is 0 Å². The Morgan fingerprint density at radius 3 is 2.78 bits per heavy atom. The summed E-state index contributed by atoms with van der Waals surface area (Å²) in [6.45, 7) is 1.46. The molecule has 6 heteroatoms. The second-order valence-electron chi connectivity index (χ2n) is 3.86. The number of primary amides is 1. The number of aromatic nitrogens is 2. The molecule has 1 atom stereocenters. The van der Waals surface area contributed by atoms with Crippen molar-refractivity contribution in [3.63, 3.8) is 0 Å². The van der Waals surface area contributed by atoms with Crippen LogP contribution in [0.4, 0.5) is 4.39 Å². The Labute approximate surface area is 103 Å². The van der Waals surface area contributed by atoms with Crippen molar-refractivity contribution in [2.24, 2.45) is 5.73 Å². The summed E-state index contributed by atoms with van der Waals surface area (Å²) in [7, 11) is 0. The van der Waals surface area contributed by atoms with Gasteiger partial charge in [0, 0.05) is 11.8 Å². The fourth-order valence-corrected chi connectivity index (χ4v) is 1.73. The highest BCUT2D eigenvalue weighted by molar-refractivity contribution is 5.90. The number of hydrogen-bond donors (Lipinski definition) is 2. The normalized spacial score (nSPS) is 12.4. The van der Waals surface area contributed by atoms with Gasteiger partial charge in [-0.2, -0.15) is 5.10 Å². The molecule has 5 nitrogen and oxygen atoms in total. The largest absolute Gasteiger partial charge is 0.389 e. The first-order chi connectivity index (χ1) is 8.50. The first-order valence-corrected chi connectivity index (χ1v) is 5.33. The van der Waals surface area contributed by atoms with Gasteiger partial charge >= 0.3 is 0 Å². The number of hydrogen-bond acceptors (Lipinski definition) is 3. The van der Waals surface area contributed by atoms with E-state index in [0.29, 0.717) is 5.69 Å². The maximum atomic E-state index is 13.7. The number of carbonyl (C=O) groups excluding carboxylic acids is 1. The Bertz CT molecular complexity index is 593. The van der Waals surface area contributed by atoms with Gasteiger partial charge in [0.05, 0.1) is 11.8 Å². The van der Waals surface area contributed by atoms with Crippen molar-refractivity contribution < 1.29 is 14.3 Å². The average molecular weight is 249 g/mol. The number of rotatable bonds is 3. The first kappa shape index (κ1) is 12.3. The van der Waals surface area contributed by atoms with Crippen molar-refractivity contribution >= 4 is 5.91 Å². The van der Waals surface area contributed by atoms with Gasteiger partial charge in [0.1, 0.15) is 11.5 Å². The molecule has 2 rings (SSSR count). The third kappa shape index (κ3) is 2.10. The standard InChI is InChI=1S/C12H12FN3O2/c1-7(17)11-8(13)3-2-4-10(11)16-6-5-9(15-16)12(14)18/h2-7,17H,1H3,(H2,14,18)/t7-/m1/s1. The highest BCUT2D eigenvalue weighted by atomic mass is 19.1. The van der Waals surface area contributed by atoms with Crippen molar-refractivity contribution in [3.8, 4) is 5.69 Å². The zero-order valence-electron chi connectivity index (χ0n) is 9.67. The molecule has 0 aliphatic carbocycles. The van der Waals surface area contributed by atoms with Gasteiger partial charge in [-0.3, -0.25) is 4.79 Å². The highest BCUT2D eigenvalue weighted by Gasteiger charge is 2.16. The number of carbonyl (C=O) groups is 1. The van der Waals surface area contributed by atoms with E-state index in [1.807, 2.05) is 0 Å². The predicted octanol–water partition coefficient (Wildman–Crippen LogP) is 1.16. The molecule has 0 aliphatic rings. The van der Waals surface area contributed by atoms with E-state index < -0.39 is 17.8 Å². The van der Waals surface area contributed by atoms with Crippen LogP contribution in [-0.2, 0) is 0 Å². The van der Waals surface area contributed by atoms with Gasteiger partial charge in [-0.1, -0.05) is 6.07 Å². The molecule has 1 aromatic heterocycles. The van der Waals surface area contributed by atoms with E-state index in [-0.39, 0.29) is 11.3 Å². The first-order valence-electron chi connectivity index (χ1n) is 5.33. The maximum Gasteiger partial charge on any atom is 0.269 e. The van der Waals surface area contributed by atoms with Gasteiger partial charge < -0.3 is 10.8 Å². The number of halogens is 1. The van der Waals surface area contributed by atoms with Crippen LogP contribution in [-0.4, -0.2) is 20.8 Å². The Balaban J connectivity index is 2.56. The lowest BCUT2D eigenvalue weighted by molar-refractivity contribution is 0.0995. The number of nitrogens with two attached hydrogens (primary N) is 1. The molecule has 0 unspecified atom stereocenters. The summed E-state index contributed by atoms with van der Waals surface area (Å²) in [5, 5.41) is 13.5. The molecule has 0 fully saturated rings. The molecule has 3 N–H and O–H groups in total. The third-order valence-electron chi connectivity index (χ3n) is 2.54. The Hall–Kier alpha value is -2.21. The van der Waals surface area contributed by atoms with Crippen LogP contribution < -0.4 is 5.73 Å². The van der Waals surface area contributed by atoms with E-state index in [1.165, 1.54) is 36.0 Å². The minimum Gasteiger partial charge on any atom is -0.389 e. The molecule has 0 spiro atoms. The Morgan fingerprint density at radius 2 is 2.22 bits per heavy atom. The lowest BCUT2D eigenvalue weighted by Gasteiger charge is -2.12. The quantitative estimate of drug-likeness (QED) is 0.856. The van der Waals surface area contributed by atoms with Gasteiger partial charge in [-0.25, -0.2) is 9.07 Å². The zero-order valence-corrected chi connectivity index (χ0v) is 9.67. The van der Waals surface area contributed by atoms with Crippen molar-refractivity contribution in [3.05, 3.63) is 47.5 Å². The molecular formula is C12H12FN3O2. The van der Waals surface area contributed by atoms with E-state index >= 15 is 0 Å². The van der Waals surface area contributed by atoms with Crippen molar-refractivity contribution in [2.45, 2.75) is 13.0 Å². The van der Waals surface area contributed by atoms with Gasteiger partial charge in [0.2, 0.25) is 0 Å². The predicted molar refractivity (Wildman–Crippen MR) is 62.7 cm³/mol. The van der Waals surface area contributed by atoms with Gasteiger partial charge in [0.15, 0.2) is 0 Å². The number of aliphatic hydroxyl groups excluding tert-OH is 1. The Morgan fingerprint density at radius 1 is 1.50 bits per heavy atom. The van der Waals surface area contributed by atoms with E-state index in [2.05, 4.69) is 5.10 Å². The van der Waals surface area contributed by atoms with Crippen LogP contribution in [0.25, 0.3) is 5.69 Å². The molecule has 1 amide bonds. The van der Waals surface area contributed by atoms with Crippen molar-refractivity contribution in [1.82, 2.24) is 9.78 Å². The minimum atomic E-state index is -0.984. The number of nitrogens with zero attached hydrogens (tertiary/aromatic N) is 2. The molecule has 2 aromatic rings. The van der Waals surface area contributed by atoms with E-state index in [9.17, 15) is 14.3 Å². The van der Waals surface area contributed by atoms with Crippen molar-refractivity contribution in [2.75, 3.05) is 0 Å². The molecule has 1 heterocycles. The second-order valence-corrected chi connectivity index (χ2v) is 3.86. The lowest BCUT2D eigenvalue weighted by Crippen LogP contribution is -2.13. The topological polar surface area (TPSA) is 81.1 Å². The van der Waals surface area contributed by atoms with E-state index in [0.717, 1.165) is 0 Å². The lowest BCUT2D eigenvalue weighted by atomic mass is 10.1. The molecule has 0 saturated heterocycles. The highest BCUT2D eigenvalue weighted by Crippen LogP contribution is 2.24. The smallest absolute Gasteiger partial charge is 0.269 e. The van der Waals surface area contributed by atoms with Gasteiger partial charge in [0.25, 0.3) is 5.91 Å². The molecule has 0 saturated carbocycles. The maximum absolute atomic E-state index is 13.7. The molecular weight excluding hydrogens is 237 g/mol. The third-order valence-corrected chi connectivity index (χ3v) is 2.54. The van der Waals surface area contributed by atoms with Crippen LogP contribution in [0.5, 0.6) is 0 Å². The summed E-state index contributed by atoms with van der Waals surface area (Å²) >= 11 is 0. The zero-order chi connectivity index (χ0) is 13.3. The van der Waals surface area contributed by atoms with Crippen LogP contribution in [0.15, 0.2) is 30.5 Å². The molecule has 94 valence electrons. The number of amides is 1. The van der Waals surface area contributed by atoms with Gasteiger partial charge in [-0.15, -0.1) is 0 Å². The summed E-state index contributed by atoms with van der Waals surface area (Å²) in [6.07, 6.45) is 0.503. The molecule has 0 aliphatic heterocycles. The van der Waals surface area contributed by atoms with Crippen LogP contribution in [0.3, 0.4) is 0 Å². The Kier molecular flexibility index (Phi) is 3.12. The molecule has 18 heavy (non-hydrogen) atoms. The second kappa shape index (κ2) is 4.58. The summed E-state index contributed by atoms with van der Waals surface area (Å²) in [6, 6.07) is 5.79. The molecule has 0 bridgehead atoms. The molecule has 0 radical (unpaired) electrons. The van der Waals surface area contributed by atoms with Crippen LogP contribution >= 0.6 is 0 Å². The van der Waals surface area contributed by atoms with Gasteiger partial charge in [-0.05, 0) is 25.1 Å². The molecule has 1 aromatic carbocycles. The summed E-state index contributed by atoms with van der Waals surface area (Å²) in [4.78, 5) is 11.0. The SMILES string of the molecule is C[C@@H](O)c1c(F)cccc1-n1ccc(C(N)=O)n1. The average Bonchev–Trinajstić information content (AvgIpc) is 2.77.